The van der Waals surface area contributed by atoms with E-state index < -0.39 is 65.7 Å². The highest BCUT2D eigenvalue weighted by Gasteiger charge is 2.40. The minimum absolute atomic E-state index is 0.0362. The first-order valence-corrected chi connectivity index (χ1v) is 8.67. The van der Waals surface area contributed by atoms with Crippen LogP contribution in [0.2, 0.25) is 0 Å². The summed E-state index contributed by atoms with van der Waals surface area (Å²) in [6.07, 6.45) is -21.3. The second kappa shape index (κ2) is 7.60. The Bertz CT molecular complexity index is 784. The van der Waals surface area contributed by atoms with Crippen molar-refractivity contribution in [3.05, 3.63) is 58.7 Å². The largest absolute Gasteiger partial charge is 0.416 e. The highest BCUT2D eigenvalue weighted by molar-refractivity contribution is 7.67. The maximum absolute atomic E-state index is 12.9. The van der Waals surface area contributed by atoms with Crippen LogP contribution in [0, 0.1) is 0 Å². The molecule has 0 aliphatic rings. The Kier molecular flexibility index (Phi) is 6.14. The molecule has 2 aromatic rings. The van der Waals surface area contributed by atoms with Crippen molar-refractivity contribution >= 4 is 18.8 Å². The third-order valence-electron chi connectivity index (χ3n) is 3.63. The van der Waals surface area contributed by atoms with E-state index in [4.69, 9.17) is 0 Å². The van der Waals surface area contributed by atoms with Crippen molar-refractivity contribution < 1.29 is 57.6 Å². The fraction of sp³-hybridized carbons (Fsp3) is 0.250. The summed E-state index contributed by atoms with van der Waals surface area (Å²) >= 11 is 0. The van der Waals surface area contributed by atoms with E-state index in [1.165, 1.54) is 0 Å². The molecule has 0 radical (unpaired) electrons. The summed E-state index contributed by atoms with van der Waals surface area (Å²) in [4.78, 5) is 10.1. The average molecular weight is 474 g/mol. The number of alkyl halides is 12. The third-order valence-corrected chi connectivity index (χ3v) is 5.13. The second-order valence-electron chi connectivity index (χ2n) is 5.84. The van der Waals surface area contributed by atoms with Gasteiger partial charge in [-0.15, -0.1) is 0 Å². The van der Waals surface area contributed by atoms with Gasteiger partial charge in [0, 0.05) is 10.6 Å². The Labute approximate surface area is 160 Å². The van der Waals surface area contributed by atoms with E-state index in [1.807, 2.05) is 0 Å². The first-order chi connectivity index (χ1) is 13.3. The zero-order chi connectivity index (χ0) is 23.3. The molecule has 30 heavy (non-hydrogen) atoms. The van der Waals surface area contributed by atoms with Crippen LogP contribution in [0.25, 0.3) is 0 Å². The molecule has 0 spiro atoms. The van der Waals surface area contributed by atoms with Gasteiger partial charge < -0.3 is 4.89 Å². The summed E-state index contributed by atoms with van der Waals surface area (Å²) in [5.74, 6) is 0. The smallest absolute Gasteiger partial charge is 0.364 e. The molecule has 166 valence electrons. The predicted octanol–water partition coefficient (Wildman–Crippen LogP) is 6.10. The van der Waals surface area contributed by atoms with Crippen molar-refractivity contribution in [2.75, 3.05) is 0 Å². The molecule has 0 saturated heterocycles. The van der Waals surface area contributed by atoms with Gasteiger partial charge in [-0.1, -0.05) is 0 Å². The Morgan fingerprint density at radius 1 is 0.433 bits per heavy atom. The average Bonchev–Trinajstić information content (AvgIpc) is 2.57. The molecule has 2 rings (SSSR count). The summed E-state index contributed by atoms with van der Waals surface area (Å²) in [6, 6.07) is -0.439. The number of hydrogen-bond acceptors (Lipinski definition) is 1. The predicted molar refractivity (Wildman–Crippen MR) is 81.3 cm³/mol. The van der Waals surface area contributed by atoms with Crippen LogP contribution in [0.3, 0.4) is 0 Å². The maximum Gasteiger partial charge on any atom is 0.416 e. The summed E-state index contributed by atoms with van der Waals surface area (Å²) in [7, 11) is -3.42. The van der Waals surface area contributed by atoms with E-state index in [1.54, 1.807) is 0 Å². The summed E-state index contributed by atoms with van der Waals surface area (Å²) in [5.41, 5.74) is -7.51. The van der Waals surface area contributed by atoms with Crippen LogP contribution < -0.4 is 10.6 Å². The molecule has 2 aromatic carbocycles. The molecule has 0 aliphatic heterocycles. The van der Waals surface area contributed by atoms with E-state index in [-0.39, 0.29) is 36.4 Å². The molecule has 0 saturated carbocycles. The summed E-state index contributed by atoms with van der Waals surface area (Å²) < 4.78 is 155. The first kappa shape index (κ1) is 24.3. The minimum atomic E-state index is -5.32. The standard InChI is InChI=1S/C16H7F12OP/c17-13(18,19)7-1-8(14(20,21)22)4-11(3-7)30(29)12-5-9(15(23,24)25)2-10(6-12)16(26,27)28/h1-6,29H. The first-order valence-electron chi connectivity index (χ1n) is 7.38. The van der Waals surface area contributed by atoms with Crippen LogP contribution in [0.15, 0.2) is 36.4 Å². The maximum atomic E-state index is 12.9. The SMILES string of the molecule is OP(c1cc(C(F)(F)F)cc(C(F)(F)F)c1)c1cc(C(F)(F)F)cc(C(F)(F)F)c1. The number of halogens is 12. The molecule has 0 bridgehead atoms. The fourth-order valence-electron chi connectivity index (χ4n) is 2.27. The lowest BCUT2D eigenvalue weighted by Gasteiger charge is -2.19. The molecule has 1 nitrogen and oxygen atoms in total. The van der Waals surface area contributed by atoms with Gasteiger partial charge in [0.15, 0.2) is 0 Å². The molecular formula is C16H7F12OP. The van der Waals surface area contributed by atoms with E-state index in [9.17, 15) is 57.6 Å². The van der Waals surface area contributed by atoms with Gasteiger partial charge in [0.05, 0.1) is 30.4 Å². The number of benzene rings is 2. The lowest BCUT2D eigenvalue weighted by molar-refractivity contribution is -0.144. The van der Waals surface area contributed by atoms with Crippen LogP contribution >= 0.6 is 8.15 Å². The fourth-order valence-corrected chi connectivity index (χ4v) is 3.61. The molecule has 0 fully saturated rings. The lowest BCUT2D eigenvalue weighted by atomic mass is 10.1. The number of rotatable bonds is 2. The Morgan fingerprint density at radius 2 is 0.633 bits per heavy atom. The van der Waals surface area contributed by atoms with Crippen molar-refractivity contribution in [2.45, 2.75) is 24.7 Å². The van der Waals surface area contributed by atoms with E-state index in [0.717, 1.165) is 0 Å². The number of hydrogen-bond donors (Lipinski definition) is 1. The molecule has 0 unspecified atom stereocenters. The lowest BCUT2D eigenvalue weighted by Crippen LogP contribution is -2.21. The molecule has 14 heteroatoms. The van der Waals surface area contributed by atoms with Crippen molar-refractivity contribution in [2.24, 2.45) is 0 Å². The van der Waals surface area contributed by atoms with E-state index in [2.05, 4.69) is 0 Å². The van der Waals surface area contributed by atoms with Crippen LogP contribution in [0.4, 0.5) is 52.7 Å². The molecule has 0 aliphatic carbocycles. The van der Waals surface area contributed by atoms with Crippen molar-refractivity contribution in [3.63, 3.8) is 0 Å². The zero-order valence-corrected chi connectivity index (χ0v) is 14.8. The van der Waals surface area contributed by atoms with Gasteiger partial charge in [0.2, 0.25) is 0 Å². The minimum Gasteiger partial charge on any atom is -0.364 e. The van der Waals surface area contributed by atoms with Gasteiger partial charge in [-0.2, -0.15) is 52.7 Å². The summed E-state index contributed by atoms with van der Waals surface area (Å²) in [6.45, 7) is 0. The highest BCUT2D eigenvalue weighted by atomic mass is 31.1. The zero-order valence-electron chi connectivity index (χ0n) is 13.9. The molecule has 1 N–H and O–H groups in total. The Balaban J connectivity index is 2.72. The molecule has 0 atom stereocenters. The monoisotopic (exact) mass is 474 g/mol. The molecule has 0 aromatic heterocycles. The van der Waals surface area contributed by atoms with Crippen LogP contribution in [0.1, 0.15) is 22.3 Å². The van der Waals surface area contributed by atoms with Crippen molar-refractivity contribution in [1.29, 1.82) is 0 Å². The Morgan fingerprint density at radius 3 is 0.800 bits per heavy atom. The van der Waals surface area contributed by atoms with Crippen LogP contribution in [-0.4, -0.2) is 4.89 Å². The van der Waals surface area contributed by atoms with E-state index >= 15 is 0 Å². The highest BCUT2D eigenvalue weighted by Crippen LogP contribution is 2.41. The van der Waals surface area contributed by atoms with Gasteiger partial charge in [0.25, 0.3) is 0 Å². The Hall–Kier alpha value is -2.01. The normalized spacial score (nSPS) is 13.8. The molecule has 0 heterocycles. The van der Waals surface area contributed by atoms with Gasteiger partial charge >= 0.3 is 24.7 Å². The molecular weight excluding hydrogens is 467 g/mol. The second-order valence-corrected chi connectivity index (χ2v) is 7.50. The van der Waals surface area contributed by atoms with Crippen LogP contribution in [-0.2, 0) is 24.7 Å². The van der Waals surface area contributed by atoms with Crippen molar-refractivity contribution in [3.8, 4) is 0 Å². The van der Waals surface area contributed by atoms with E-state index in [0.29, 0.717) is 0 Å². The quantitative estimate of drug-likeness (QED) is 0.412. The van der Waals surface area contributed by atoms with Gasteiger partial charge in [-0.05, 0) is 36.4 Å². The van der Waals surface area contributed by atoms with Crippen LogP contribution in [0.5, 0.6) is 0 Å². The topological polar surface area (TPSA) is 20.2 Å². The summed E-state index contributed by atoms with van der Waals surface area (Å²) in [5, 5.41) is -2.25. The van der Waals surface area contributed by atoms with Gasteiger partial charge in [0.1, 0.15) is 0 Å². The van der Waals surface area contributed by atoms with Gasteiger partial charge in [-0.25, -0.2) is 0 Å². The van der Waals surface area contributed by atoms with Gasteiger partial charge in [-0.3, -0.25) is 0 Å². The third kappa shape index (κ3) is 5.57. The van der Waals surface area contributed by atoms with Crippen molar-refractivity contribution in [1.82, 2.24) is 0 Å². The molecule has 0 amide bonds.